The first-order valence-corrected chi connectivity index (χ1v) is 11.3. The molecule has 0 unspecified atom stereocenters. The number of urea groups is 1. The van der Waals surface area contributed by atoms with Crippen molar-refractivity contribution >= 4 is 22.8 Å². The largest absolute Gasteiger partial charge is 0.494 e. The maximum Gasteiger partial charge on any atom is 0.322 e. The number of carbonyl (C=O) groups excluding carboxylic acids is 1. The second kappa shape index (κ2) is 9.09. The molecule has 3 aromatic rings. The summed E-state index contributed by atoms with van der Waals surface area (Å²) in [6.07, 6.45) is 4.89. The average Bonchev–Trinajstić information content (AvgIpc) is 3.26. The number of anilines is 1. The van der Waals surface area contributed by atoms with Crippen LogP contribution < -0.4 is 20.1 Å². The van der Waals surface area contributed by atoms with Gasteiger partial charge < -0.3 is 30.0 Å². The number of nitrogens with one attached hydrogen (secondary N) is 3. The molecule has 0 saturated carbocycles. The second-order valence-corrected chi connectivity index (χ2v) is 8.79. The molecule has 0 bridgehead atoms. The van der Waals surface area contributed by atoms with Crippen LogP contribution in [0.1, 0.15) is 29.7 Å². The Morgan fingerprint density at radius 1 is 1.12 bits per heavy atom. The molecule has 2 amide bonds. The molecule has 180 valence electrons. The Labute approximate surface area is 195 Å². The fourth-order valence-electron chi connectivity index (χ4n) is 4.80. The second-order valence-electron chi connectivity index (χ2n) is 8.79. The minimum atomic E-state index is -0.860. The van der Waals surface area contributed by atoms with Crippen LogP contribution in [0.2, 0.25) is 0 Å². The fraction of sp³-hybridized carbons (Fsp3) is 0.417. The van der Waals surface area contributed by atoms with Crippen molar-refractivity contribution in [3.63, 3.8) is 0 Å². The van der Waals surface area contributed by atoms with Crippen LogP contribution in [0.4, 0.5) is 19.3 Å². The van der Waals surface area contributed by atoms with E-state index >= 15 is 0 Å². The van der Waals surface area contributed by atoms with Gasteiger partial charge in [0, 0.05) is 28.9 Å². The maximum atomic E-state index is 14.8. The number of hydrogen-bond acceptors (Lipinski definition) is 5. The molecule has 4 heterocycles. The molecule has 3 N–H and O–H groups in total. The van der Waals surface area contributed by atoms with E-state index < -0.39 is 17.7 Å². The lowest BCUT2D eigenvalue weighted by Gasteiger charge is -2.30. The zero-order valence-electron chi connectivity index (χ0n) is 19.1. The first kappa shape index (κ1) is 22.4. The van der Waals surface area contributed by atoms with Gasteiger partial charge in [0.05, 0.1) is 38.6 Å². The Hall–Kier alpha value is -3.40. The monoisotopic (exact) mass is 471 g/mol. The van der Waals surface area contributed by atoms with E-state index in [0.29, 0.717) is 17.3 Å². The number of aromatic nitrogens is 2. The number of nitrogens with zero attached hydrogens (tertiary/aromatic N) is 2. The van der Waals surface area contributed by atoms with Crippen LogP contribution in [-0.2, 0) is 19.5 Å². The van der Waals surface area contributed by atoms with Gasteiger partial charge in [-0.05, 0) is 44.3 Å². The molecule has 0 spiro atoms. The van der Waals surface area contributed by atoms with Gasteiger partial charge in [-0.1, -0.05) is 0 Å². The normalized spacial score (nSPS) is 16.5. The van der Waals surface area contributed by atoms with Crippen molar-refractivity contribution in [3.8, 4) is 11.5 Å². The first-order valence-electron chi connectivity index (χ1n) is 11.3. The maximum absolute atomic E-state index is 14.8. The van der Waals surface area contributed by atoms with Gasteiger partial charge in [-0.15, -0.1) is 0 Å². The third kappa shape index (κ3) is 4.02. The molecule has 0 aliphatic carbocycles. The highest BCUT2D eigenvalue weighted by molar-refractivity contribution is 6.02. The molecular formula is C24H27F2N5O3. The molecule has 1 aromatic carbocycles. The highest BCUT2D eigenvalue weighted by Crippen LogP contribution is 2.35. The van der Waals surface area contributed by atoms with Crippen LogP contribution in [-0.4, -0.2) is 48.2 Å². The van der Waals surface area contributed by atoms with E-state index in [0.717, 1.165) is 55.1 Å². The lowest BCUT2D eigenvalue weighted by atomic mass is 9.93. The summed E-state index contributed by atoms with van der Waals surface area (Å²) in [6, 6.07) is 2.75. The minimum Gasteiger partial charge on any atom is -0.494 e. The van der Waals surface area contributed by atoms with Crippen LogP contribution in [0, 0.1) is 17.6 Å². The number of hydrogen-bond donors (Lipinski definition) is 3. The van der Waals surface area contributed by atoms with E-state index in [1.165, 1.54) is 19.1 Å². The Morgan fingerprint density at radius 2 is 1.82 bits per heavy atom. The van der Waals surface area contributed by atoms with Crippen molar-refractivity contribution in [2.45, 2.75) is 32.4 Å². The summed E-state index contributed by atoms with van der Waals surface area (Å²) < 4.78 is 39.7. The van der Waals surface area contributed by atoms with Gasteiger partial charge >= 0.3 is 6.03 Å². The topological polar surface area (TPSA) is 91.5 Å². The Balaban J connectivity index is 1.41. The molecule has 2 aliphatic heterocycles. The molecule has 2 aromatic heterocycles. The lowest BCUT2D eigenvalue weighted by Crippen LogP contribution is -2.38. The summed E-state index contributed by atoms with van der Waals surface area (Å²) in [5.41, 5.74) is 2.96. The highest BCUT2D eigenvalue weighted by Gasteiger charge is 2.29. The van der Waals surface area contributed by atoms with Crippen molar-refractivity contribution < 1.29 is 23.0 Å². The summed E-state index contributed by atoms with van der Waals surface area (Å²) in [7, 11) is 2.58. The number of carbonyl (C=O) groups is 1. The molecule has 5 rings (SSSR count). The van der Waals surface area contributed by atoms with Crippen LogP contribution in [0.25, 0.3) is 11.0 Å². The number of aromatic amines is 1. The molecule has 10 heteroatoms. The fourth-order valence-corrected chi connectivity index (χ4v) is 4.80. The van der Waals surface area contributed by atoms with E-state index in [2.05, 4.69) is 20.6 Å². The number of methoxy groups -OCH3 is 2. The van der Waals surface area contributed by atoms with Crippen LogP contribution in [0.15, 0.2) is 18.3 Å². The summed E-state index contributed by atoms with van der Waals surface area (Å²) in [5.74, 6) is -1.41. The molecular weight excluding hydrogens is 444 g/mol. The third-order valence-corrected chi connectivity index (χ3v) is 6.65. The van der Waals surface area contributed by atoms with E-state index in [9.17, 15) is 13.6 Å². The predicted octanol–water partition coefficient (Wildman–Crippen LogP) is 3.95. The number of amides is 2. The van der Waals surface area contributed by atoms with Gasteiger partial charge in [0.15, 0.2) is 23.1 Å². The zero-order chi connectivity index (χ0) is 23.8. The molecule has 1 fully saturated rings. The third-order valence-electron chi connectivity index (χ3n) is 6.65. The van der Waals surface area contributed by atoms with Crippen molar-refractivity contribution in [1.29, 1.82) is 0 Å². The summed E-state index contributed by atoms with van der Waals surface area (Å²) in [4.78, 5) is 22.2. The Morgan fingerprint density at radius 3 is 2.50 bits per heavy atom. The van der Waals surface area contributed by atoms with Crippen LogP contribution in [0.3, 0.4) is 0 Å². The van der Waals surface area contributed by atoms with Crippen LogP contribution in [0.5, 0.6) is 11.5 Å². The highest BCUT2D eigenvalue weighted by atomic mass is 19.1. The summed E-state index contributed by atoms with van der Waals surface area (Å²) in [6.45, 7) is 1.94. The smallest absolute Gasteiger partial charge is 0.322 e. The number of benzene rings is 1. The molecule has 2 aliphatic rings. The van der Waals surface area contributed by atoms with E-state index in [4.69, 9.17) is 9.47 Å². The minimum absolute atomic E-state index is 0.150. The number of H-pyrrole nitrogens is 1. The SMILES string of the molecule is COc1cc(OC)c(F)c(CN2Cc3cnc4[nH]c(CC5CCNCC5)cc4c3NC2=O)c1F. The van der Waals surface area contributed by atoms with E-state index in [1.807, 2.05) is 6.07 Å². The first-order chi connectivity index (χ1) is 16.5. The van der Waals surface area contributed by atoms with Gasteiger partial charge in [0.1, 0.15) is 5.65 Å². The van der Waals surface area contributed by atoms with Gasteiger partial charge in [-0.3, -0.25) is 0 Å². The number of ether oxygens (including phenoxy) is 2. The molecule has 0 atom stereocenters. The summed E-state index contributed by atoms with van der Waals surface area (Å²) in [5, 5.41) is 7.12. The quantitative estimate of drug-likeness (QED) is 0.507. The predicted molar refractivity (Wildman–Crippen MR) is 123 cm³/mol. The molecule has 8 nitrogen and oxygen atoms in total. The Kier molecular flexibility index (Phi) is 5.99. The van der Waals surface area contributed by atoms with E-state index in [1.54, 1.807) is 6.20 Å². The lowest BCUT2D eigenvalue weighted by molar-refractivity contribution is 0.201. The van der Waals surface area contributed by atoms with E-state index in [-0.39, 0.29) is 30.2 Å². The summed E-state index contributed by atoms with van der Waals surface area (Å²) >= 11 is 0. The van der Waals surface area contributed by atoms with Crippen molar-refractivity contribution in [1.82, 2.24) is 20.2 Å². The van der Waals surface area contributed by atoms with Gasteiger partial charge in [-0.25, -0.2) is 18.6 Å². The van der Waals surface area contributed by atoms with Gasteiger partial charge in [0.2, 0.25) is 0 Å². The number of fused-ring (bicyclic) bond motifs is 3. The standard InChI is InChI=1S/C24H27F2N5O3/c1-33-18-9-19(34-2)21(26)17(20(18)25)12-31-11-14-10-28-23-16(22(14)30-24(31)32)8-15(29-23)7-13-3-5-27-6-4-13/h8-10,13,27H,3-7,11-12H2,1-2H3,(H,28,29)(H,30,32). The van der Waals surface area contributed by atoms with Crippen molar-refractivity contribution in [3.05, 3.63) is 46.8 Å². The number of piperidine rings is 1. The van der Waals surface area contributed by atoms with Crippen LogP contribution >= 0.6 is 0 Å². The molecule has 1 saturated heterocycles. The Bertz CT molecular complexity index is 1210. The molecule has 34 heavy (non-hydrogen) atoms. The van der Waals surface area contributed by atoms with Gasteiger partial charge in [0.25, 0.3) is 0 Å². The van der Waals surface area contributed by atoms with Gasteiger partial charge in [-0.2, -0.15) is 0 Å². The number of rotatable bonds is 6. The number of pyridine rings is 1. The number of halogens is 2. The average molecular weight is 472 g/mol. The van der Waals surface area contributed by atoms with Crippen molar-refractivity contribution in [2.75, 3.05) is 32.6 Å². The van der Waals surface area contributed by atoms with Crippen molar-refractivity contribution in [2.24, 2.45) is 5.92 Å². The molecule has 0 radical (unpaired) electrons. The zero-order valence-corrected chi connectivity index (χ0v) is 19.1.